The lowest BCUT2D eigenvalue weighted by molar-refractivity contribution is -0.120. The molecule has 0 bridgehead atoms. The Morgan fingerprint density at radius 1 is 1.06 bits per heavy atom. The van der Waals surface area contributed by atoms with Gasteiger partial charge in [-0.2, -0.15) is 0 Å². The summed E-state index contributed by atoms with van der Waals surface area (Å²) < 4.78 is 18.0. The Bertz CT molecular complexity index is 1220. The number of aryl methyl sites for hydroxylation is 1. The van der Waals surface area contributed by atoms with Gasteiger partial charge in [-0.15, -0.1) is 0 Å². The zero-order valence-corrected chi connectivity index (χ0v) is 18.3. The third kappa shape index (κ3) is 3.35. The minimum Gasteiger partial charge on any atom is -0.368 e. The van der Waals surface area contributed by atoms with E-state index in [0.29, 0.717) is 0 Å². The van der Waals surface area contributed by atoms with Gasteiger partial charge in [0.25, 0.3) is 0 Å². The average Bonchev–Trinajstić information content (AvgIpc) is 3.10. The summed E-state index contributed by atoms with van der Waals surface area (Å²) in [4.78, 5) is 27.6. The molecule has 5 rings (SSSR count). The molecular formula is C25H29FN4O2. The second kappa shape index (κ2) is 8.20. The second-order valence-corrected chi connectivity index (χ2v) is 9.08. The molecule has 1 aliphatic carbocycles. The standard InChI is InChI=1S/C25H29FN4O2/c1-16(24(27)31)29-20-9-2-3-10-21(20)30(25(29)32)18-12-14-28(15-13-18)22-11-5-7-17-6-4-8-19(26)23(17)22/h2-4,6,8-10,16,18,22H,5,7,11-15H2,1H3,(H2,27,31). The molecule has 168 valence electrons. The van der Waals surface area contributed by atoms with Crippen LogP contribution in [-0.4, -0.2) is 33.0 Å². The maximum atomic E-state index is 14.7. The molecule has 2 aliphatic rings. The lowest BCUT2D eigenvalue weighted by atomic mass is 9.85. The number of piperidine rings is 1. The summed E-state index contributed by atoms with van der Waals surface area (Å²) in [7, 11) is 0. The maximum absolute atomic E-state index is 14.7. The van der Waals surface area contributed by atoms with Crippen LogP contribution in [-0.2, 0) is 11.2 Å². The smallest absolute Gasteiger partial charge is 0.330 e. The van der Waals surface area contributed by atoms with Crippen LogP contribution in [0.4, 0.5) is 4.39 Å². The monoisotopic (exact) mass is 436 g/mol. The average molecular weight is 437 g/mol. The molecule has 1 aliphatic heterocycles. The quantitative estimate of drug-likeness (QED) is 0.678. The van der Waals surface area contributed by atoms with Gasteiger partial charge in [0.05, 0.1) is 11.0 Å². The van der Waals surface area contributed by atoms with E-state index in [2.05, 4.69) is 4.90 Å². The normalized spacial score (nSPS) is 20.9. The molecule has 1 amide bonds. The fourth-order valence-corrected chi connectivity index (χ4v) is 5.67. The van der Waals surface area contributed by atoms with Crippen LogP contribution in [0.2, 0.25) is 0 Å². The Balaban J connectivity index is 1.43. The van der Waals surface area contributed by atoms with Gasteiger partial charge in [-0.1, -0.05) is 24.3 Å². The summed E-state index contributed by atoms with van der Waals surface area (Å²) in [6, 6.07) is 12.4. The van der Waals surface area contributed by atoms with Crippen molar-refractivity contribution in [2.24, 2.45) is 5.73 Å². The number of aromatic nitrogens is 2. The predicted octanol–water partition coefficient (Wildman–Crippen LogP) is 3.70. The number of nitrogens with two attached hydrogens (primary N) is 1. The van der Waals surface area contributed by atoms with Crippen LogP contribution in [0.3, 0.4) is 0 Å². The van der Waals surface area contributed by atoms with Crippen molar-refractivity contribution in [1.29, 1.82) is 0 Å². The van der Waals surface area contributed by atoms with Crippen LogP contribution in [0, 0.1) is 5.82 Å². The summed E-state index contributed by atoms with van der Waals surface area (Å²) in [6.07, 6.45) is 4.58. The van der Waals surface area contributed by atoms with Crippen molar-refractivity contribution < 1.29 is 9.18 Å². The van der Waals surface area contributed by atoms with E-state index >= 15 is 0 Å². The predicted molar refractivity (Wildman–Crippen MR) is 122 cm³/mol. The molecule has 1 saturated heterocycles. The number of para-hydroxylation sites is 2. The molecule has 1 fully saturated rings. The van der Waals surface area contributed by atoms with E-state index in [4.69, 9.17) is 5.73 Å². The third-order valence-electron chi connectivity index (χ3n) is 7.32. The lowest BCUT2D eigenvalue weighted by Gasteiger charge is -2.40. The van der Waals surface area contributed by atoms with Gasteiger partial charge < -0.3 is 5.73 Å². The van der Waals surface area contributed by atoms with Gasteiger partial charge in [-0.05, 0) is 62.8 Å². The Morgan fingerprint density at radius 2 is 1.78 bits per heavy atom. The topological polar surface area (TPSA) is 73.3 Å². The Labute approximate surface area is 186 Å². The number of primary amides is 1. The zero-order chi connectivity index (χ0) is 22.4. The van der Waals surface area contributed by atoms with Crippen molar-refractivity contribution in [2.45, 2.75) is 57.2 Å². The Hall–Kier alpha value is -2.93. The van der Waals surface area contributed by atoms with Crippen LogP contribution >= 0.6 is 0 Å². The highest BCUT2D eigenvalue weighted by Gasteiger charge is 2.33. The summed E-state index contributed by atoms with van der Waals surface area (Å²) in [6.45, 7) is 3.28. The molecule has 3 aromatic rings. The SMILES string of the molecule is CC(C(N)=O)n1c(=O)n(C2CCN(C3CCCc4cccc(F)c43)CC2)c2ccccc21. The number of likely N-dealkylation sites (tertiary alicyclic amines) is 1. The molecule has 2 N–H and O–H groups in total. The second-order valence-electron chi connectivity index (χ2n) is 9.08. The maximum Gasteiger partial charge on any atom is 0.330 e. The van der Waals surface area contributed by atoms with E-state index < -0.39 is 11.9 Å². The van der Waals surface area contributed by atoms with Crippen LogP contribution < -0.4 is 11.4 Å². The summed E-state index contributed by atoms with van der Waals surface area (Å²) in [5, 5.41) is 0. The van der Waals surface area contributed by atoms with Gasteiger partial charge in [0.1, 0.15) is 11.9 Å². The number of fused-ring (bicyclic) bond motifs is 2. The number of carbonyl (C=O) groups excluding carboxylic acids is 1. The highest BCUT2D eigenvalue weighted by molar-refractivity contribution is 5.82. The minimum absolute atomic E-state index is 0.0358. The summed E-state index contributed by atoms with van der Waals surface area (Å²) in [5.74, 6) is -0.628. The molecule has 6 nitrogen and oxygen atoms in total. The van der Waals surface area contributed by atoms with Gasteiger partial charge in [0, 0.05) is 30.7 Å². The van der Waals surface area contributed by atoms with Crippen LogP contribution in [0.1, 0.15) is 61.9 Å². The largest absolute Gasteiger partial charge is 0.368 e. The number of carbonyl (C=O) groups is 1. The van der Waals surface area contributed by atoms with Gasteiger partial charge >= 0.3 is 5.69 Å². The van der Waals surface area contributed by atoms with Gasteiger partial charge in [0.2, 0.25) is 5.91 Å². The lowest BCUT2D eigenvalue weighted by Crippen LogP contribution is -2.41. The molecule has 2 heterocycles. The molecule has 0 spiro atoms. The number of hydrogen-bond acceptors (Lipinski definition) is 3. The number of hydrogen-bond donors (Lipinski definition) is 1. The molecule has 1 aromatic heterocycles. The van der Waals surface area contributed by atoms with Gasteiger partial charge in [-0.3, -0.25) is 18.8 Å². The molecule has 32 heavy (non-hydrogen) atoms. The third-order valence-corrected chi connectivity index (χ3v) is 7.32. The fourth-order valence-electron chi connectivity index (χ4n) is 5.67. The summed E-state index contributed by atoms with van der Waals surface area (Å²) in [5.41, 5.74) is 8.89. The number of imidazole rings is 1. The number of amides is 1. The van der Waals surface area contributed by atoms with E-state index in [1.165, 1.54) is 4.57 Å². The van der Waals surface area contributed by atoms with E-state index in [1.807, 2.05) is 34.9 Å². The zero-order valence-electron chi connectivity index (χ0n) is 18.3. The van der Waals surface area contributed by atoms with Crippen molar-refractivity contribution >= 4 is 16.9 Å². The molecule has 0 radical (unpaired) electrons. The first-order valence-corrected chi connectivity index (χ1v) is 11.5. The minimum atomic E-state index is -0.713. The van der Waals surface area contributed by atoms with Gasteiger partial charge in [-0.25, -0.2) is 9.18 Å². The van der Waals surface area contributed by atoms with Crippen molar-refractivity contribution in [1.82, 2.24) is 14.0 Å². The molecule has 2 atom stereocenters. The Kier molecular flexibility index (Phi) is 5.37. The molecule has 2 unspecified atom stereocenters. The molecule has 2 aromatic carbocycles. The number of rotatable bonds is 4. The van der Waals surface area contributed by atoms with Crippen LogP contribution in [0.25, 0.3) is 11.0 Å². The van der Waals surface area contributed by atoms with Crippen molar-refractivity contribution in [2.75, 3.05) is 13.1 Å². The highest BCUT2D eigenvalue weighted by atomic mass is 19.1. The first-order chi connectivity index (χ1) is 15.5. The van der Waals surface area contributed by atoms with Crippen molar-refractivity contribution in [3.63, 3.8) is 0 Å². The fraction of sp³-hybridized carbons (Fsp3) is 0.440. The first kappa shape index (κ1) is 20.9. The van der Waals surface area contributed by atoms with Crippen LogP contribution in [0.5, 0.6) is 0 Å². The summed E-state index contributed by atoms with van der Waals surface area (Å²) >= 11 is 0. The van der Waals surface area contributed by atoms with E-state index in [-0.39, 0.29) is 23.6 Å². The van der Waals surface area contributed by atoms with E-state index in [1.54, 1.807) is 19.1 Å². The van der Waals surface area contributed by atoms with E-state index in [0.717, 1.165) is 67.4 Å². The molecular weight excluding hydrogens is 407 g/mol. The van der Waals surface area contributed by atoms with Crippen molar-refractivity contribution in [3.8, 4) is 0 Å². The first-order valence-electron chi connectivity index (χ1n) is 11.5. The molecule has 7 heteroatoms. The number of halogens is 1. The highest BCUT2D eigenvalue weighted by Crippen LogP contribution is 2.38. The Morgan fingerprint density at radius 3 is 2.50 bits per heavy atom. The molecule has 0 saturated carbocycles. The van der Waals surface area contributed by atoms with Gasteiger partial charge in [0.15, 0.2) is 0 Å². The number of nitrogens with zero attached hydrogens (tertiary/aromatic N) is 3. The van der Waals surface area contributed by atoms with E-state index in [9.17, 15) is 14.0 Å². The van der Waals surface area contributed by atoms with Crippen LogP contribution in [0.15, 0.2) is 47.3 Å². The number of benzene rings is 2. The van der Waals surface area contributed by atoms with Crippen molar-refractivity contribution in [3.05, 3.63) is 69.9 Å².